The second-order valence-electron chi connectivity index (χ2n) is 6.95. The van der Waals surface area contributed by atoms with Crippen LogP contribution in [0.2, 0.25) is 0 Å². The van der Waals surface area contributed by atoms with Gasteiger partial charge >= 0.3 is 0 Å². The fourth-order valence-electron chi connectivity index (χ4n) is 3.26. The number of hydrogen-bond donors (Lipinski definition) is 0. The lowest BCUT2D eigenvalue weighted by Gasteiger charge is -2.35. The fourth-order valence-corrected chi connectivity index (χ4v) is 4.18. The second kappa shape index (κ2) is 9.73. The van der Waals surface area contributed by atoms with Gasteiger partial charge in [-0.25, -0.2) is 4.39 Å². The van der Waals surface area contributed by atoms with E-state index in [4.69, 9.17) is 0 Å². The van der Waals surface area contributed by atoms with Gasteiger partial charge in [0.2, 0.25) is 11.8 Å². The van der Waals surface area contributed by atoms with Gasteiger partial charge in [0, 0.05) is 37.5 Å². The van der Waals surface area contributed by atoms with E-state index in [1.807, 2.05) is 47.1 Å². The topological polar surface area (TPSA) is 40.6 Å². The first-order valence-electron chi connectivity index (χ1n) is 9.51. The summed E-state index contributed by atoms with van der Waals surface area (Å²) in [7, 11) is 0. The summed E-state index contributed by atoms with van der Waals surface area (Å²) < 4.78 is 13.2. The van der Waals surface area contributed by atoms with Gasteiger partial charge in [-0.3, -0.25) is 9.59 Å². The molecule has 0 aromatic heterocycles. The number of nitrogens with zero attached hydrogens (tertiary/aromatic N) is 2. The van der Waals surface area contributed by atoms with Crippen molar-refractivity contribution in [2.24, 2.45) is 0 Å². The molecule has 0 N–H and O–H groups in total. The van der Waals surface area contributed by atoms with Crippen LogP contribution in [0, 0.1) is 12.7 Å². The van der Waals surface area contributed by atoms with Crippen LogP contribution in [-0.4, -0.2) is 53.5 Å². The Morgan fingerprint density at radius 2 is 1.61 bits per heavy atom. The highest BCUT2D eigenvalue weighted by Gasteiger charge is 2.24. The summed E-state index contributed by atoms with van der Waals surface area (Å²) >= 11 is 1.43. The van der Waals surface area contributed by atoms with Crippen molar-refractivity contribution in [3.63, 3.8) is 0 Å². The summed E-state index contributed by atoms with van der Waals surface area (Å²) in [5.74, 6) is 0.271. The summed E-state index contributed by atoms with van der Waals surface area (Å²) in [5.41, 5.74) is 2.00. The number of benzene rings is 2. The number of aryl methyl sites for hydroxylation is 2. The van der Waals surface area contributed by atoms with Crippen molar-refractivity contribution >= 4 is 23.6 Å². The van der Waals surface area contributed by atoms with E-state index in [1.54, 1.807) is 6.07 Å². The smallest absolute Gasteiger partial charge is 0.233 e. The fraction of sp³-hybridized carbons (Fsp3) is 0.364. The molecule has 0 spiro atoms. The summed E-state index contributed by atoms with van der Waals surface area (Å²) in [4.78, 5) is 29.5. The van der Waals surface area contributed by atoms with Crippen LogP contribution in [0.4, 0.5) is 4.39 Å². The van der Waals surface area contributed by atoms with Crippen LogP contribution in [0.15, 0.2) is 53.4 Å². The van der Waals surface area contributed by atoms with Crippen molar-refractivity contribution in [3.8, 4) is 0 Å². The molecular formula is C22H25FN2O2S. The Hall–Kier alpha value is -2.34. The highest BCUT2D eigenvalue weighted by molar-refractivity contribution is 8.00. The van der Waals surface area contributed by atoms with Crippen molar-refractivity contribution in [1.29, 1.82) is 0 Å². The molecule has 2 aromatic carbocycles. The van der Waals surface area contributed by atoms with Crippen molar-refractivity contribution in [3.05, 3.63) is 65.5 Å². The Bertz CT molecular complexity index is 821. The largest absolute Gasteiger partial charge is 0.339 e. The molecular weight excluding hydrogens is 375 g/mol. The molecule has 4 nitrogen and oxygen atoms in total. The van der Waals surface area contributed by atoms with Gasteiger partial charge in [-0.1, -0.05) is 30.3 Å². The number of carbonyl (C=O) groups is 2. The SMILES string of the molecule is Cc1cc(F)ccc1SCC(=O)N1CCN(C(=O)CCc2ccccc2)CC1. The van der Waals surface area contributed by atoms with Crippen LogP contribution < -0.4 is 0 Å². The predicted molar refractivity (Wildman–Crippen MR) is 110 cm³/mol. The maximum atomic E-state index is 13.2. The Labute approximate surface area is 169 Å². The van der Waals surface area contributed by atoms with E-state index in [-0.39, 0.29) is 17.6 Å². The van der Waals surface area contributed by atoms with E-state index in [0.717, 1.165) is 22.4 Å². The molecule has 0 unspecified atom stereocenters. The summed E-state index contributed by atoms with van der Waals surface area (Å²) in [6, 6.07) is 14.6. The number of carbonyl (C=O) groups excluding carboxylic acids is 2. The molecule has 1 aliphatic rings. The second-order valence-corrected chi connectivity index (χ2v) is 7.96. The summed E-state index contributed by atoms with van der Waals surface area (Å²) in [6.45, 7) is 4.15. The summed E-state index contributed by atoms with van der Waals surface area (Å²) in [5, 5.41) is 0. The van der Waals surface area contributed by atoms with Gasteiger partial charge in [0.1, 0.15) is 5.82 Å². The summed E-state index contributed by atoms with van der Waals surface area (Å²) in [6.07, 6.45) is 1.24. The minimum atomic E-state index is -0.263. The lowest BCUT2D eigenvalue weighted by Crippen LogP contribution is -2.51. The lowest BCUT2D eigenvalue weighted by atomic mass is 10.1. The van der Waals surface area contributed by atoms with Crippen molar-refractivity contribution in [1.82, 2.24) is 9.80 Å². The minimum Gasteiger partial charge on any atom is -0.339 e. The number of amides is 2. The highest BCUT2D eigenvalue weighted by Crippen LogP contribution is 2.23. The van der Waals surface area contributed by atoms with E-state index in [9.17, 15) is 14.0 Å². The number of piperazine rings is 1. The molecule has 1 heterocycles. The minimum absolute atomic E-state index is 0.0603. The van der Waals surface area contributed by atoms with Gasteiger partial charge in [-0.05, 0) is 42.7 Å². The molecule has 0 radical (unpaired) electrons. The zero-order chi connectivity index (χ0) is 19.9. The van der Waals surface area contributed by atoms with E-state index < -0.39 is 0 Å². The van der Waals surface area contributed by atoms with E-state index in [1.165, 1.54) is 23.9 Å². The molecule has 6 heteroatoms. The standard InChI is InChI=1S/C22H25FN2O2S/c1-17-15-19(23)8-9-20(17)28-16-22(27)25-13-11-24(12-14-25)21(26)10-7-18-5-3-2-4-6-18/h2-6,8-9,15H,7,10-14,16H2,1H3. The number of hydrogen-bond acceptors (Lipinski definition) is 3. The quantitative estimate of drug-likeness (QED) is 0.697. The number of thioether (sulfide) groups is 1. The number of rotatable bonds is 6. The molecule has 1 saturated heterocycles. The average Bonchev–Trinajstić information content (AvgIpc) is 2.72. The highest BCUT2D eigenvalue weighted by atomic mass is 32.2. The van der Waals surface area contributed by atoms with Crippen molar-refractivity contribution in [2.45, 2.75) is 24.7 Å². The third-order valence-corrected chi connectivity index (χ3v) is 6.10. The molecule has 1 fully saturated rings. The monoisotopic (exact) mass is 400 g/mol. The van der Waals surface area contributed by atoms with Crippen LogP contribution >= 0.6 is 11.8 Å². The molecule has 28 heavy (non-hydrogen) atoms. The Balaban J connectivity index is 1.41. The first-order valence-corrected chi connectivity index (χ1v) is 10.5. The van der Waals surface area contributed by atoms with Gasteiger partial charge < -0.3 is 9.80 Å². The van der Waals surface area contributed by atoms with E-state index in [0.29, 0.717) is 38.4 Å². The van der Waals surface area contributed by atoms with Crippen molar-refractivity contribution < 1.29 is 14.0 Å². The van der Waals surface area contributed by atoms with Gasteiger partial charge in [0.15, 0.2) is 0 Å². The first-order chi connectivity index (χ1) is 13.5. The molecule has 0 bridgehead atoms. The molecule has 0 saturated carbocycles. The van der Waals surface area contributed by atoms with E-state index >= 15 is 0 Å². The lowest BCUT2D eigenvalue weighted by molar-refractivity contribution is -0.138. The van der Waals surface area contributed by atoms with E-state index in [2.05, 4.69) is 0 Å². The van der Waals surface area contributed by atoms with Crippen LogP contribution in [0.3, 0.4) is 0 Å². The van der Waals surface area contributed by atoms with Gasteiger partial charge in [0.05, 0.1) is 5.75 Å². The van der Waals surface area contributed by atoms with Crippen LogP contribution in [-0.2, 0) is 16.0 Å². The van der Waals surface area contributed by atoms with Crippen molar-refractivity contribution in [2.75, 3.05) is 31.9 Å². The average molecular weight is 401 g/mol. The normalized spacial score (nSPS) is 14.2. The number of halogens is 1. The molecule has 3 rings (SSSR count). The molecule has 2 aromatic rings. The predicted octanol–water partition coefficient (Wildman–Crippen LogP) is 3.53. The maximum absolute atomic E-state index is 13.2. The Kier molecular flexibility index (Phi) is 7.09. The maximum Gasteiger partial charge on any atom is 0.233 e. The molecule has 1 aliphatic heterocycles. The molecule has 0 atom stereocenters. The third-order valence-electron chi connectivity index (χ3n) is 4.94. The Morgan fingerprint density at radius 1 is 0.964 bits per heavy atom. The third kappa shape index (κ3) is 5.58. The van der Waals surface area contributed by atoms with Gasteiger partial charge in [-0.2, -0.15) is 0 Å². The zero-order valence-corrected chi connectivity index (χ0v) is 16.9. The van der Waals surface area contributed by atoms with Crippen LogP contribution in [0.25, 0.3) is 0 Å². The first kappa shape index (κ1) is 20.4. The van der Waals surface area contributed by atoms with Crippen LogP contribution in [0.1, 0.15) is 17.5 Å². The van der Waals surface area contributed by atoms with Crippen LogP contribution in [0.5, 0.6) is 0 Å². The van der Waals surface area contributed by atoms with Gasteiger partial charge in [-0.15, -0.1) is 11.8 Å². The molecule has 2 amide bonds. The molecule has 148 valence electrons. The Morgan fingerprint density at radius 3 is 2.25 bits per heavy atom. The molecule has 0 aliphatic carbocycles. The zero-order valence-electron chi connectivity index (χ0n) is 16.1. The van der Waals surface area contributed by atoms with Gasteiger partial charge in [0.25, 0.3) is 0 Å².